The van der Waals surface area contributed by atoms with Crippen molar-refractivity contribution >= 4 is 21.9 Å². The summed E-state index contributed by atoms with van der Waals surface area (Å²) in [5.41, 5.74) is -0.332. The van der Waals surface area contributed by atoms with E-state index in [-0.39, 0.29) is 79.4 Å². The van der Waals surface area contributed by atoms with Gasteiger partial charge in [0.25, 0.3) is 0 Å². The number of phenols is 9. The summed E-state index contributed by atoms with van der Waals surface area (Å²) in [6, 6.07) is 9.74. The van der Waals surface area contributed by atoms with Crippen molar-refractivity contribution in [3.8, 4) is 97.7 Å². The number of rotatable bonds is 4. The molecule has 1 aliphatic heterocycles. The second kappa shape index (κ2) is 9.15. The Hall–Kier alpha value is -6.70. The Morgan fingerprint density at radius 1 is 0.455 bits per heavy atom. The van der Waals surface area contributed by atoms with E-state index in [1.165, 1.54) is 6.07 Å². The van der Waals surface area contributed by atoms with Crippen LogP contribution < -0.4 is 18.9 Å². The molecule has 44 heavy (non-hydrogen) atoms. The Bertz CT molecular complexity index is 2140. The van der Waals surface area contributed by atoms with Gasteiger partial charge >= 0.3 is 0 Å². The zero-order valence-electron chi connectivity index (χ0n) is 21.8. The molecule has 0 saturated heterocycles. The molecule has 1 aliphatic rings. The van der Waals surface area contributed by atoms with Gasteiger partial charge in [-0.15, -0.1) is 0 Å². The number of fused-ring (bicyclic) bond motifs is 5. The first-order chi connectivity index (χ1) is 21.0. The summed E-state index contributed by atoms with van der Waals surface area (Å²) in [6.07, 6.45) is 0. The lowest BCUT2D eigenvalue weighted by Gasteiger charge is -2.24. The number of benzene rings is 5. The van der Waals surface area contributed by atoms with E-state index >= 15 is 0 Å². The number of furan rings is 1. The average Bonchev–Trinajstić information content (AvgIpc) is 3.32. The van der Waals surface area contributed by atoms with E-state index in [1.54, 1.807) is 0 Å². The first-order valence-electron chi connectivity index (χ1n) is 12.5. The van der Waals surface area contributed by atoms with Crippen molar-refractivity contribution < 1.29 is 69.3 Å². The van der Waals surface area contributed by atoms with Crippen LogP contribution in [0.5, 0.6) is 97.7 Å². The highest BCUT2D eigenvalue weighted by Crippen LogP contribution is 2.62. The van der Waals surface area contributed by atoms with Crippen molar-refractivity contribution in [2.24, 2.45) is 0 Å². The first-order valence-corrected chi connectivity index (χ1v) is 12.5. The molecule has 0 fully saturated rings. The molecule has 0 spiro atoms. The Balaban J connectivity index is 1.39. The van der Waals surface area contributed by atoms with E-state index in [0.717, 1.165) is 48.5 Å². The molecule has 222 valence electrons. The van der Waals surface area contributed by atoms with Gasteiger partial charge in [0.15, 0.2) is 34.3 Å². The number of hydrogen-bond acceptors (Lipinski definition) is 14. The van der Waals surface area contributed by atoms with Gasteiger partial charge in [0, 0.05) is 54.6 Å². The number of aromatic hydroxyl groups is 9. The second-order valence-corrected chi connectivity index (χ2v) is 9.66. The van der Waals surface area contributed by atoms with Gasteiger partial charge in [0.05, 0.1) is 10.8 Å². The number of hydrogen-bond donors (Lipinski definition) is 9. The van der Waals surface area contributed by atoms with Gasteiger partial charge in [0.1, 0.15) is 45.8 Å². The van der Waals surface area contributed by atoms with Crippen LogP contribution in [0.1, 0.15) is 0 Å². The van der Waals surface area contributed by atoms with Crippen LogP contribution >= 0.6 is 0 Å². The van der Waals surface area contributed by atoms with Crippen LogP contribution in [0.15, 0.2) is 59.0 Å². The normalized spacial score (nSPS) is 11.9. The lowest BCUT2D eigenvalue weighted by Crippen LogP contribution is -2.02. The van der Waals surface area contributed by atoms with E-state index in [2.05, 4.69) is 0 Å². The van der Waals surface area contributed by atoms with Crippen LogP contribution in [0.25, 0.3) is 21.9 Å². The SMILES string of the molecule is Oc1cc(O)cc(Oc2c(O)cc(O)c3c2Oc2c(cc4oc5c(Oc6cc(O)cc(O)c6)c(O)cc(O)c5c4c2O)O3)c1. The molecule has 0 aliphatic carbocycles. The van der Waals surface area contributed by atoms with Gasteiger partial charge < -0.3 is 69.3 Å². The van der Waals surface area contributed by atoms with Crippen LogP contribution in [0.2, 0.25) is 0 Å². The standard InChI is InChI=1S/C30H18O14/c31-10-1-11(32)4-14(3-10)40-25-17(36)7-16(35)22-23-20(42-29(22)25)9-21-28(24(23)39)44-30-26(18(37)8-19(38)27(30)43-21)41-15-5-12(33)2-13(34)6-15/h1-9,31-39H. The molecule has 1 aromatic heterocycles. The minimum absolute atomic E-state index is 0.0854. The number of ether oxygens (including phenoxy) is 4. The van der Waals surface area contributed by atoms with E-state index in [0.29, 0.717) is 0 Å². The molecule has 2 heterocycles. The predicted molar refractivity (Wildman–Crippen MR) is 148 cm³/mol. The third kappa shape index (κ3) is 4.05. The van der Waals surface area contributed by atoms with E-state index in [1.807, 2.05) is 0 Å². The Kier molecular flexibility index (Phi) is 5.45. The fraction of sp³-hybridized carbons (Fsp3) is 0. The zero-order chi connectivity index (χ0) is 31.0. The van der Waals surface area contributed by atoms with Crippen molar-refractivity contribution in [1.29, 1.82) is 0 Å². The Labute approximate surface area is 243 Å². The fourth-order valence-corrected chi connectivity index (χ4v) is 4.85. The average molecular weight is 602 g/mol. The summed E-state index contributed by atoms with van der Waals surface area (Å²) in [4.78, 5) is 0. The molecule has 6 aromatic rings. The summed E-state index contributed by atoms with van der Waals surface area (Å²) < 4.78 is 28.8. The maximum absolute atomic E-state index is 11.4. The van der Waals surface area contributed by atoms with Crippen molar-refractivity contribution in [1.82, 2.24) is 0 Å². The smallest absolute Gasteiger partial charge is 0.220 e. The molecular formula is C30H18O14. The van der Waals surface area contributed by atoms with Gasteiger partial charge in [0.2, 0.25) is 28.7 Å². The third-order valence-corrected chi connectivity index (χ3v) is 6.60. The molecule has 7 rings (SSSR count). The number of phenolic OH excluding ortho intramolecular Hbond substituents is 9. The summed E-state index contributed by atoms with van der Waals surface area (Å²) in [5.74, 6) is -6.55. The molecule has 5 aromatic carbocycles. The monoisotopic (exact) mass is 602 g/mol. The molecule has 0 atom stereocenters. The highest BCUT2D eigenvalue weighted by Gasteiger charge is 2.34. The summed E-state index contributed by atoms with van der Waals surface area (Å²) >= 11 is 0. The van der Waals surface area contributed by atoms with Gasteiger partial charge in [-0.1, -0.05) is 0 Å². The molecule has 14 heteroatoms. The zero-order valence-corrected chi connectivity index (χ0v) is 21.8. The van der Waals surface area contributed by atoms with Crippen LogP contribution in [-0.4, -0.2) is 46.0 Å². The van der Waals surface area contributed by atoms with Crippen LogP contribution in [0.4, 0.5) is 0 Å². The van der Waals surface area contributed by atoms with Gasteiger partial charge in [-0.2, -0.15) is 0 Å². The van der Waals surface area contributed by atoms with Gasteiger partial charge in [-0.05, 0) is 0 Å². The first kappa shape index (κ1) is 26.2. The van der Waals surface area contributed by atoms with Crippen molar-refractivity contribution in [2.45, 2.75) is 0 Å². The van der Waals surface area contributed by atoms with Gasteiger partial charge in [-0.3, -0.25) is 0 Å². The fourth-order valence-electron chi connectivity index (χ4n) is 4.85. The molecule has 0 bridgehead atoms. The Morgan fingerprint density at radius 3 is 1.61 bits per heavy atom. The Morgan fingerprint density at radius 2 is 1.00 bits per heavy atom. The highest BCUT2D eigenvalue weighted by atomic mass is 16.6. The van der Waals surface area contributed by atoms with E-state index in [4.69, 9.17) is 23.4 Å². The molecule has 9 N–H and O–H groups in total. The molecule has 14 nitrogen and oxygen atoms in total. The van der Waals surface area contributed by atoms with Crippen molar-refractivity contribution in [3.63, 3.8) is 0 Å². The second-order valence-electron chi connectivity index (χ2n) is 9.66. The highest BCUT2D eigenvalue weighted by molar-refractivity contribution is 6.15. The third-order valence-electron chi connectivity index (χ3n) is 6.60. The van der Waals surface area contributed by atoms with Crippen molar-refractivity contribution in [3.05, 3.63) is 54.6 Å². The molecule has 0 unspecified atom stereocenters. The predicted octanol–water partition coefficient (Wildman–Crippen LogP) is 6.42. The largest absolute Gasteiger partial charge is 0.508 e. The molecule has 0 amide bonds. The lowest BCUT2D eigenvalue weighted by molar-refractivity contribution is 0.302. The maximum Gasteiger partial charge on any atom is 0.220 e. The molecular weight excluding hydrogens is 584 g/mol. The maximum atomic E-state index is 11.4. The van der Waals surface area contributed by atoms with Gasteiger partial charge in [-0.25, -0.2) is 0 Å². The van der Waals surface area contributed by atoms with E-state index in [9.17, 15) is 46.0 Å². The summed E-state index contributed by atoms with van der Waals surface area (Å²) in [5, 5.41) is 92.8. The topological polar surface area (TPSA) is 232 Å². The minimum atomic E-state index is -0.632. The molecule has 0 radical (unpaired) electrons. The quantitative estimate of drug-likeness (QED) is 0.106. The van der Waals surface area contributed by atoms with Crippen LogP contribution in [-0.2, 0) is 0 Å². The minimum Gasteiger partial charge on any atom is -0.508 e. The summed E-state index contributed by atoms with van der Waals surface area (Å²) in [6.45, 7) is 0. The van der Waals surface area contributed by atoms with Crippen LogP contribution in [0.3, 0.4) is 0 Å². The van der Waals surface area contributed by atoms with Crippen LogP contribution in [0, 0.1) is 0 Å². The van der Waals surface area contributed by atoms with Crippen molar-refractivity contribution in [2.75, 3.05) is 0 Å². The van der Waals surface area contributed by atoms with E-state index < -0.39 is 40.2 Å². The summed E-state index contributed by atoms with van der Waals surface area (Å²) in [7, 11) is 0. The lowest BCUT2D eigenvalue weighted by atomic mass is 10.1. The molecule has 0 saturated carbocycles.